The van der Waals surface area contributed by atoms with E-state index in [1.807, 2.05) is 5.23 Å². The van der Waals surface area contributed by atoms with E-state index in [1.54, 1.807) is 0 Å². The van der Waals surface area contributed by atoms with Crippen molar-refractivity contribution >= 4 is 14.0 Å². The Bertz CT molecular complexity index is 1000. The van der Waals surface area contributed by atoms with Crippen LogP contribution in [0.25, 0.3) is 0 Å². The zero-order valence-corrected chi connectivity index (χ0v) is 23.9. The first kappa shape index (κ1) is 26.3. The van der Waals surface area contributed by atoms with Crippen molar-refractivity contribution in [2.24, 2.45) is 0 Å². The maximum Gasteiger partial charge on any atom is 0.223 e. The molecule has 35 heavy (non-hydrogen) atoms. The molecule has 0 aliphatic carbocycles. The molecule has 2 saturated heterocycles. The second-order valence-corrected chi connectivity index (χ2v) is 17.2. The first-order valence-electron chi connectivity index (χ1n) is 13.4. The molecular formula is C30H45N2O2Si+. The Morgan fingerprint density at radius 2 is 1.57 bits per heavy atom. The molecule has 0 unspecified atom stereocenters. The van der Waals surface area contributed by atoms with Gasteiger partial charge in [-0.2, -0.15) is 0 Å². The van der Waals surface area contributed by atoms with E-state index in [9.17, 15) is 0 Å². The third-order valence-electron chi connectivity index (χ3n) is 8.13. The van der Waals surface area contributed by atoms with E-state index in [0.717, 1.165) is 25.9 Å². The fourth-order valence-corrected chi connectivity index (χ4v) is 6.01. The molecule has 2 aromatic rings. The highest BCUT2D eigenvalue weighted by Crippen LogP contribution is 2.44. The molecule has 190 valence electrons. The second kappa shape index (κ2) is 10.3. The van der Waals surface area contributed by atoms with Gasteiger partial charge in [0.25, 0.3) is 0 Å². The fraction of sp³-hybridized carbons (Fsp3) is 0.567. The van der Waals surface area contributed by atoms with Gasteiger partial charge >= 0.3 is 0 Å². The number of nitrogens with zero attached hydrogens (tertiary/aromatic N) is 2. The minimum atomic E-state index is -2.11. The quantitative estimate of drug-likeness (QED) is 0.315. The summed E-state index contributed by atoms with van der Waals surface area (Å²) < 4.78 is 9.56. The summed E-state index contributed by atoms with van der Waals surface area (Å²) in [7, 11) is -2.11. The summed E-state index contributed by atoms with van der Waals surface area (Å²) in [4.78, 5) is 6.68. The van der Waals surface area contributed by atoms with E-state index in [2.05, 4.69) is 113 Å². The summed E-state index contributed by atoms with van der Waals surface area (Å²) in [5.41, 5.74) is 3.80. The summed E-state index contributed by atoms with van der Waals surface area (Å²) in [6.07, 6.45) is 4.38. The van der Waals surface area contributed by atoms with Crippen LogP contribution in [-0.2, 0) is 9.36 Å². The molecule has 2 atom stereocenters. The molecule has 5 heteroatoms. The number of hydrogen-bond donors (Lipinski definition) is 0. The van der Waals surface area contributed by atoms with Gasteiger partial charge in [0, 0.05) is 24.3 Å². The minimum absolute atomic E-state index is 0.0890. The van der Waals surface area contributed by atoms with Gasteiger partial charge < -0.3 is 4.53 Å². The predicted molar refractivity (Wildman–Crippen MR) is 147 cm³/mol. The van der Waals surface area contributed by atoms with Crippen LogP contribution < -0.4 is 0 Å². The van der Waals surface area contributed by atoms with Gasteiger partial charge in [0.15, 0.2) is 5.71 Å². The Morgan fingerprint density at radius 1 is 1.00 bits per heavy atom. The van der Waals surface area contributed by atoms with Crippen molar-refractivity contribution in [2.45, 2.75) is 96.0 Å². The van der Waals surface area contributed by atoms with Crippen LogP contribution in [-0.4, -0.2) is 48.6 Å². The van der Waals surface area contributed by atoms with E-state index in [0.29, 0.717) is 5.92 Å². The van der Waals surface area contributed by atoms with Crippen LogP contribution in [0.5, 0.6) is 0 Å². The van der Waals surface area contributed by atoms with Crippen molar-refractivity contribution in [2.75, 3.05) is 13.1 Å². The van der Waals surface area contributed by atoms with Gasteiger partial charge in [-0.1, -0.05) is 74.5 Å². The Kier molecular flexibility index (Phi) is 7.73. The molecule has 0 amide bonds. The Balaban J connectivity index is 1.79. The first-order valence-corrected chi connectivity index (χ1v) is 16.3. The zero-order chi connectivity index (χ0) is 25.3. The molecule has 4 nitrogen and oxygen atoms in total. The summed E-state index contributed by atoms with van der Waals surface area (Å²) in [5.74, 6) is 0.311. The molecule has 2 aliphatic heterocycles. The SMILES string of the molecule is CC1(C)C[C@@H](c2ccccc2)[C@@H](CC(c2ccccc2)=[N+]2CCCC2)N(O[Si](C)(C)C(C)(C)C)O1. The summed E-state index contributed by atoms with van der Waals surface area (Å²) >= 11 is 0. The molecule has 0 radical (unpaired) electrons. The van der Waals surface area contributed by atoms with Gasteiger partial charge in [-0.15, -0.1) is 0 Å². The third-order valence-corrected chi connectivity index (χ3v) is 12.4. The smallest absolute Gasteiger partial charge is 0.223 e. The lowest BCUT2D eigenvalue weighted by molar-refractivity contribution is -0.507. The minimum Gasteiger partial charge on any atom is -0.320 e. The molecule has 2 aliphatic rings. The van der Waals surface area contributed by atoms with Gasteiger partial charge in [-0.05, 0) is 56.1 Å². The van der Waals surface area contributed by atoms with Crippen LogP contribution in [0.3, 0.4) is 0 Å². The number of benzene rings is 2. The normalized spacial score (nSPS) is 23.5. The lowest BCUT2D eigenvalue weighted by atomic mass is 9.79. The average molecular weight is 494 g/mol. The lowest BCUT2D eigenvalue weighted by Crippen LogP contribution is -2.57. The molecule has 2 aromatic carbocycles. The molecule has 4 rings (SSSR count). The monoisotopic (exact) mass is 493 g/mol. The Labute approximate surface area is 214 Å². The van der Waals surface area contributed by atoms with E-state index in [-0.39, 0.29) is 16.7 Å². The lowest BCUT2D eigenvalue weighted by Gasteiger charge is -2.50. The van der Waals surface area contributed by atoms with Crippen LogP contribution in [0.4, 0.5) is 0 Å². The van der Waals surface area contributed by atoms with Gasteiger partial charge in [0.1, 0.15) is 13.1 Å². The topological polar surface area (TPSA) is 24.7 Å². The van der Waals surface area contributed by atoms with E-state index < -0.39 is 8.32 Å². The second-order valence-electron chi connectivity index (χ2n) is 12.5. The molecule has 0 spiro atoms. The highest BCUT2D eigenvalue weighted by atomic mass is 28.4. The molecule has 0 aromatic heterocycles. The number of hydroxylamine groups is 2. The highest BCUT2D eigenvalue weighted by molar-refractivity contribution is 6.74. The van der Waals surface area contributed by atoms with Crippen molar-refractivity contribution in [3.8, 4) is 0 Å². The highest BCUT2D eigenvalue weighted by Gasteiger charge is 2.49. The predicted octanol–water partition coefficient (Wildman–Crippen LogP) is 7.18. The van der Waals surface area contributed by atoms with Gasteiger partial charge in [-0.3, -0.25) is 4.84 Å². The largest absolute Gasteiger partial charge is 0.320 e. The molecule has 0 N–H and O–H groups in total. The Morgan fingerprint density at radius 3 is 2.14 bits per heavy atom. The maximum absolute atomic E-state index is 6.96. The third kappa shape index (κ3) is 6.14. The van der Waals surface area contributed by atoms with E-state index in [1.165, 1.54) is 29.7 Å². The summed E-state index contributed by atoms with van der Waals surface area (Å²) in [6.45, 7) is 18.2. The molecule has 0 saturated carbocycles. The van der Waals surface area contributed by atoms with Crippen molar-refractivity contribution in [3.05, 3.63) is 71.8 Å². The molecule has 2 heterocycles. The zero-order valence-electron chi connectivity index (χ0n) is 22.9. The van der Waals surface area contributed by atoms with Crippen LogP contribution >= 0.6 is 0 Å². The summed E-state index contributed by atoms with van der Waals surface area (Å²) in [6, 6.07) is 22.0. The maximum atomic E-state index is 6.96. The van der Waals surface area contributed by atoms with Gasteiger partial charge in [0.05, 0.1) is 18.1 Å². The van der Waals surface area contributed by atoms with Crippen molar-refractivity contribution < 1.29 is 13.9 Å². The van der Waals surface area contributed by atoms with Gasteiger partial charge in [-0.25, -0.2) is 4.58 Å². The van der Waals surface area contributed by atoms with Gasteiger partial charge in [0.2, 0.25) is 8.32 Å². The van der Waals surface area contributed by atoms with Crippen LogP contribution in [0, 0.1) is 0 Å². The molecular weight excluding hydrogens is 448 g/mol. The van der Waals surface area contributed by atoms with E-state index in [4.69, 9.17) is 9.36 Å². The number of rotatable bonds is 6. The van der Waals surface area contributed by atoms with Crippen LogP contribution in [0.1, 0.15) is 77.3 Å². The average Bonchev–Trinajstić information content (AvgIpc) is 3.32. The molecule has 0 bridgehead atoms. The van der Waals surface area contributed by atoms with Crippen molar-refractivity contribution in [1.29, 1.82) is 0 Å². The van der Waals surface area contributed by atoms with Crippen LogP contribution in [0.15, 0.2) is 60.7 Å². The van der Waals surface area contributed by atoms with Crippen molar-refractivity contribution in [3.63, 3.8) is 0 Å². The number of hydrogen-bond acceptors (Lipinski definition) is 3. The van der Waals surface area contributed by atoms with Crippen LogP contribution in [0.2, 0.25) is 18.1 Å². The summed E-state index contributed by atoms with van der Waals surface area (Å²) in [5, 5.41) is 2.04. The van der Waals surface area contributed by atoms with E-state index >= 15 is 0 Å². The first-order chi connectivity index (χ1) is 16.5. The Hall–Kier alpha value is -1.79. The molecule has 2 fully saturated rings. The standard InChI is InChI=1S/C30H45N2O2Si/c1-29(2,3)35(6,7)34-32-28(26(23-30(4,5)33-32)24-16-10-8-11-17-24)22-27(31-20-14-15-21-31)25-18-12-9-13-19-25/h8-13,16-19,26,28H,14-15,20-23H2,1-7H3/q+1/t26-,28+/m0/s1. The van der Waals surface area contributed by atoms with Crippen molar-refractivity contribution in [1.82, 2.24) is 5.23 Å². The fourth-order valence-electron chi connectivity index (χ4n) is 5.11.